The molecule has 0 spiro atoms. The highest BCUT2D eigenvalue weighted by atomic mass is 16.7. The first kappa shape index (κ1) is 22.2. The van der Waals surface area contributed by atoms with Gasteiger partial charge in [-0.25, -0.2) is 4.98 Å². The number of pyridine rings is 2. The van der Waals surface area contributed by atoms with Crippen molar-refractivity contribution in [2.24, 2.45) is 0 Å². The van der Waals surface area contributed by atoms with Crippen molar-refractivity contribution in [1.82, 2.24) is 14.5 Å². The van der Waals surface area contributed by atoms with E-state index in [0.717, 1.165) is 35.1 Å². The lowest BCUT2D eigenvalue weighted by atomic mass is 9.98. The second-order valence-corrected chi connectivity index (χ2v) is 8.90. The number of morpholine rings is 1. The number of carbonyl (C=O) groups is 1. The third-order valence-electron chi connectivity index (χ3n) is 6.91. The van der Waals surface area contributed by atoms with Crippen molar-refractivity contribution in [2.45, 2.75) is 25.8 Å². The molecule has 0 aliphatic carbocycles. The molecule has 2 aromatic heterocycles. The Labute approximate surface area is 200 Å². The minimum Gasteiger partial charge on any atom is -0.454 e. The Bertz CT molecular complexity index is 1390. The maximum Gasteiger partial charge on any atom is 0.257 e. The first-order valence-corrected chi connectivity index (χ1v) is 11.5. The number of fused-ring (bicyclic) bond motifs is 5. The van der Waals surface area contributed by atoms with Crippen LogP contribution in [0.3, 0.4) is 0 Å². The first-order chi connectivity index (χ1) is 17.1. The standard InChI is InChI=1S/C25H25N3O7/c1-32-12-18-15(21(30)11-29)6-20-24-17(10-28(20)25(18)31)16(9-27-2-4-33-5-3-27)14-7-22-23(35-13-34-22)8-19(14)26-24/h6-8,11,21,30H,2-5,9-10,12-13H2,1H3. The summed E-state index contributed by atoms with van der Waals surface area (Å²) in [4.78, 5) is 32.2. The van der Waals surface area contributed by atoms with Crippen molar-refractivity contribution in [1.29, 1.82) is 0 Å². The number of aliphatic hydroxyl groups is 1. The molecule has 10 nitrogen and oxygen atoms in total. The van der Waals surface area contributed by atoms with Crippen LogP contribution in [0, 0.1) is 0 Å². The molecule has 1 aromatic carbocycles. The van der Waals surface area contributed by atoms with E-state index in [0.29, 0.717) is 55.5 Å². The molecule has 0 amide bonds. The van der Waals surface area contributed by atoms with Crippen LogP contribution in [-0.4, -0.2) is 66.0 Å². The molecule has 1 atom stereocenters. The van der Waals surface area contributed by atoms with E-state index in [1.165, 1.54) is 7.11 Å². The first-order valence-electron chi connectivity index (χ1n) is 11.5. The van der Waals surface area contributed by atoms with Gasteiger partial charge in [-0.1, -0.05) is 0 Å². The maximum absolute atomic E-state index is 13.5. The van der Waals surface area contributed by atoms with Crippen LogP contribution in [0.25, 0.3) is 22.3 Å². The number of methoxy groups -OCH3 is 1. The molecule has 5 heterocycles. The summed E-state index contributed by atoms with van der Waals surface area (Å²) in [5.41, 5.74) is 4.20. The number of hydrogen-bond acceptors (Lipinski definition) is 9. The van der Waals surface area contributed by atoms with Crippen molar-refractivity contribution in [3.63, 3.8) is 0 Å². The molecule has 6 rings (SSSR count). The summed E-state index contributed by atoms with van der Waals surface area (Å²) in [6, 6.07) is 5.51. The summed E-state index contributed by atoms with van der Waals surface area (Å²) in [7, 11) is 1.47. The number of hydrogen-bond donors (Lipinski definition) is 1. The van der Waals surface area contributed by atoms with Crippen molar-refractivity contribution in [3.05, 3.63) is 50.8 Å². The van der Waals surface area contributed by atoms with E-state index in [4.69, 9.17) is 23.9 Å². The highest BCUT2D eigenvalue weighted by Gasteiger charge is 2.31. The SMILES string of the molecule is COCc1c(C(O)C=O)cc2n(c1=O)Cc1c-2nc2cc3c(cc2c1CN1CCOCC1)OCO3. The molecular weight excluding hydrogens is 454 g/mol. The second kappa shape index (κ2) is 8.72. The number of aldehydes is 1. The lowest BCUT2D eigenvalue weighted by Gasteiger charge is -2.28. The minimum atomic E-state index is -1.43. The highest BCUT2D eigenvalue weighted by Crippen LogP contribution is 2.42. The third kappa shape index (κ3) is 3.61. The average Bonchev–Trinajstić information content (AvgIpc) is 3.49. The molecule has 10 heteroatoms. The molecule has 3 aromatic rings. The van der Waals surface area contributed by atoms with E-state index in [9.17, 15) is 14.7 Å². The Hall–Kier alpha value is -3.31. The number of rotatable bonds is 6. The normalized spacial score (nSPS) is 17.4. The zero-order valence-electron chi connectivity index (χ0n) is 19.3. The molecule has 1 unspecified atom stereocenters. The molecule has 3 aliphatic rings. The van der Waals surface area contributed by atoms with Gasteiger partial charge in [0.15, 0.2) is 17.8 Å². The molecular formula is C25H25N3O7. The number of carbonyl (C=O) groups excluding carboxylic acids is 1. The molecule has 35 heavy (non-hydrogen) atoms. The summed E-state index contributed by atoms with van der Waals surface area (Å²) in [6.45, 7) is 4.13. The van der Waals surface area contributed by atoms with Crippen molar-refractivity contribution in [3.8, 4) is 22.9 Å². The molecule has 1 N–H and O–H groups in total. The monoisotopic (exact) mass is 479 g/mol. The minimum absolute atomic E-state index is 0.00682. The van der Waals surface area contributed by atoms with Gasteiger partial charge in [0.1, 0.15) is 6.10 Å². The van der Waals surface area contributed by atoms with Crippen molar-refractivity contribution < 1.29 is 28.8 Å². The van der Waals surface area contributed by atoms with E-state index >= 15 is 0 Å². The van der Waals surface area contributed by atoms with Crippen LogP contribution in [0.2, 0.25) is 0 Å². The number of benzene rings is 1. The van der Waals surface area contributed by atoms with E-state index in [2.05, 4.69) is 4.90 Å². The molecule has 1 saturated heterocycles. The predicted octanol–water partition coefficient (Wildman–Crippen LogP) is 1.36. The Kier molecular flexibility index (Phi) is 5.53. The molecule has 0 bridgehead atoms. The van der Waals surface area contributed by atoms with Gasteiger partial charge in [-0.3, -0.25) is 9.69 Å². The van der Waals surface area contributed by atoms with Gasteiger partial charge in [-0.2, -0.15) is 0 Å². The average molecular weight is 479 g/mol. The van der Waals surface area contributed by atoms with Crippen LogP contribution in [-0.2, 0) is 34.0 Å². The van der Waals surface area contributed by atoms with Gasteiger partial charge in [-0.15, -0.1) is 0 Å². The molecule has 3 aliphatic heterocycles. The molecule has 182 valence electrons. The van der Waals surface area contributed by atoms with Crippen LogP contribution in [0.15, 0.2) is 23.0 Å². The molecule has 1 fully saturated rings. The fourth-order valence-electron chi connectivity index (χ4n) is 5.15. The molecule has 0 radical (unpaired) electrons. The second-order valence-electron chi connectivity index (χ2n) is 8.90. The maximum atomic E-state index is 13.5. The zero-order chi connectivity index (χ0) is 24.1. The van der Waals surface area contributed by atoms with Crippen LogP contribution in [0.4, 0.5) is 0 Å². The van der Waals surface area contributed by atoms with Crippen LogP contribution in [0.5, 0.6) is 11.5 Å². The lowest BCUT2D eigenvalue weighted by Crippen LogP contribution is -2.36. The smallest absolute Gasteiger partial charge is 0.257 e. The number of aliphatic hydroxyl groups excluding tert-OH is 1. The highest BCUT2D eigenvalue weighted by molar-refractivity contribution is 5.90. The molecule has 0 saturated carbocycles. The van der Waals surface area contributed by atoms with Crippen LogP contribution in [0.1, 0.15) is 28.4 Å². The summed E-state index contributed by atoms with van der Waals surface area (Å²) in [5.74, 6) is 1.30. The Morgan fingerprint density at radius 2 is 1.94 bits per heavy atom. The van der Waals surface area contributed by atoms with Crippen molar-refractivity contribution in [2.75, 3.05) is 40.2 Å². The summed E-state index contributed by atoms with van der Waals surface area (Å²) >= 11 is 0. The van der Waals surface area contributed by atoms with E-state index in [-0.39, 0.29) is 30.1 Å². The summed E-state index contributed by atoms with van der Waals surface area (Å²) in [6.07, 6.45) is -1.01. The number of nitrogens with zero attached hydrogens (tertiary/aromatic N) is 3. The fourth-order valence-corrected chi connectivity index (χ4v) is 5.15. The van der Waals surface area contributed by atoms with Gasteiger partial charge < -0.3 is 33.4 Å². The quantitative estimate of drug-likeness (QED) is 0.410. The van der Waals surface area contributed by atoms with Crippen LogP contribution < -0.4 is 15.0 Å². The third-order valence-corrected chi connectivity index (χ3v) is 6.91. The largest absolute Gasteiger partial charge is 0.454 e. The van der Waals surface area contributed by atoms with E-state index < -0.39 is 6.10 Å². The topological polar surface area (TPSA) is 112 Å². The number of aromatic nitrogens is 2. The predicted molar refractivity (Wildman–Crippen MR) is 124 cm³/mol. The van der Waals surface area contributed by atoms with E-state index in [1.54, 1.807) is 10.6 Å². The van der Waals surface area contributed by atoms with E-state index in [1.807, 2.05) is 12.1 Å². The Morgan fingerprint density at radius 1 is 1.17 bits per heavy atom. The van der Waals surface area contributed by atoms with Gasteiger partial charge in [0.25, 0.3) is 5.56 Å². The van der Waals surface area contributed by atoms with Gasteiger partial charge in [-0.05, 0) is 17.7 Å². The zero-order valence-corrected chi connectivity index (χ0v) is 19.3. The van der Waals surface area contributed by atoms with Gasteiger partial charge in [0, 0.05) is 54.9 Å². The Balaban J connectivity index is 1.58. The van der Waals surface area contributed by atoms with Gasteiger partial charge >= 0.3 is 0 Å². The summed E-state index contributed by atoms with van der Waals surface area (Å²) < 4.78 is 23.6. The summed E-state index contributed by atoms with van der Waals surface area (Å²) in [5, 5.41) is 11.3. The van der Waals surface area contributed by atoms with Gasteiger partial charge in [0.05, 0.1) is 43.3 Å². The number of ether oxygens (including phenoxy) is 4. The Morgan fingerprint density at radius 3 is 2.69 bits per heavy atom. The van der Waals surface area contributed by atoms with Crippen LogP contribution >= 0.6 is 0 Å². The lowest BCUT2D eigenvalue weighted by molar-refractivity contribution is -0.115. The fraction of sp³-hybridized carbons (Fsp3) is 0.400. The van der Waals surface area contributed by atoms with Crippen molar-refractivity contribution >= 4 is 17.2 Å². The van der Waals surface area contributed by atoms with Gasteiger partial charge in [0.2, 0.25) is 6.79 Å².